The Balaban J connectivity index is 0.00000312. The molecule has 1 aliphatic heterocycles. The first-order chi connectivity index (χ1) is 11.5. The van der Waals surface area contributed by atoms with Crippen LogP contribution in [0, 0.1) is 0 Å². The number of nitrogens with zero attached hydrogens (tertiary/aromatic N) is 5. The summed E-state index contributed by atoms with van der Waals surface area (Å²) in [7, 11) is 1.66. The number of hydrogen-bond acceptors (Lipinski definition) is 4. The molecule has 0 radical (unpaired) electrons. The Labute approximate surface area is 162 Å². The van der Waals surface area contributed by atoms with Crippen molar-refractivity contribution in [2.45, 2.75) is 38.0 Å². The number of aliphatic imine (C=N–C) groups is 1. The van der Waals surface area contributed by atoms with E-state index in [2.05, 4.69) is 25.8 Å². The van der Waals surface area contributed by atoms with Crippen LogP contribution in [-0.4, -0.2) is 71.1 Å². The number of aryl methyl sites for hydroxylation is 1. The zero-order chi connectivity index (χ0) is 17.4. The number of hydrogen-bond donors (Lipinski definition) is 2. The second-order valence-electron chi connectivity index (χ2n) is 5.89. The molecule has 1 unspecified atom stereocenters. The van der Waals surface area contributed by atoms with Crippen molar-refractivity contribution in [1.82, 2.24) is 30.3 Å². The van der Waals surface area contributed by atoms with Gasteiger partial charge in [-0.05, 0) is 19.3 Å². The zero-order valence-electron chi connectivity index (χ0n) is 14.2. The van der Waals surface area contributed by atoms with E-state index >= 15 is 0 Å². The van der Waals surface area contributed by atoms with Crippen LogP contribution in [0.3, 0.4) is 0 Å². The van der Waals surface area contributed by atoms with Gasteiger partial charge in [0, 0.05) is 39.3 Å². The van der Waals surface area contributed by atoms with Crippen molar-refractivity contribution >= 4 is 29.9 Å². The average Bonchev–Trinajstić information content (AvgIpc) is 3.16. The molecule has 0 bridgehead atoms. The van der Waals surface area contributed by atoms with E-state index in [1.54, 1.807) is 19.7 Å². The molecule has 1 aliphatic rings. The first-order valence-corrected chi connectivity index (χ1v) is 8.05. The Hall–Kier alpha value is -1.11. The highest BCUT2D eigenvalue weighted by Gasteiger charge is 2.34. The summed E-state index contributed by atoms with van der Waals surface area (Å²) in [5.74, 6) is 0.637. The van der Waals surface area contributed by atoms with Gasteiger partial charge in [0.15, 0.2) is 5.96 Å². The van der Waals surface area contributed by atoms with Gasteiger partial charge in [-0.2, -0.15) is 13.2 Å². The number of nitrogens with one attached hydrogen (secondary N) is 2. The number of alkyl halides is 3. The molecular formula is C14H25F3IN7. The van der Waals surface area contributed by atoms with Gasteiger partial charge in [0.1, 0.15) is 12.7 Å². The molecule has 1 saturated heterocycles. The molecule has 0 spiro atoms. The van der Waals surface area contributed by atoms with E-state index in [4.69, 9.17) is 0 Å². The molecule has 7 nitrogen and oxygen atoms in total. The summed E-state index contributed by atoms with van der Waals surface area (Å²) >= 11 is 0. The average molecular weight is 475 g/mol. The van der Waals surface area contributed by atoms with Gasteiger partial charge in [0.05, 0.1) is 6.54 Å². The van der Waals surface area contributed by atoms with Crippen LogP contribution in [0.4, 0.5) is 13.2 Å². The fraction of sp³-hybridized carbons (Fsp3) is 0.786. The van der Waals surface area contributed by atoms with Crippen molar-refractivity contribution in [3.63, 3.8) is 0 Å². The molecule has 144 valence electrons. The topological polar surface area (TPSA) is 70.4 Å². The van der Waals surface area contributed by atoms with Crippen molar-refractivity contribution in [3.05, 3.63) is 12.7 Å². The molecule has 0 aromatic carbocycles. The smallest absolute Gasteiger partial charge is 0.356 e. The third kappa shape index (κ3) is 8.70. The highest BCUT2D eigenvalue weighted by atomic mass is 127. The molecule has 1 fully saturated rings. The number of halogens is 4. The summed E-state index contributed by atoms with van der Waals surface area (Å²) in [6, 6.07) is -0.00410. The maximum Gasteiger partial charge on any atom is 0.401 e. The van der Waals surface area contributed by atoms with E-state index in [9.17, 15) is 13.2 Å². The maximum atomic E-state index is 12.4. The van der Waals surface area contributed by atoms with Crippen LogP contribution in [0.2, 0.25) is 0 Å². The van der Waals surface area contributed by atoms with E-state index < -0.39 is 12.7 Å². The van der Waals surface area contributed by atoms with Crippen molar-refractivity contribution in [2.24, 2.45) is 4.99 Å². The highest BCUT2D eigenvalue weighted by molar-refractivity contribution is 14.0. The van der Waals surface area contributed by atoms with Crippen LogP contribution in [0.25, 0.3) is 0 Å². The van der Waals surface area contributed by atoms with Crippen molar-refractivity contribution in [2.75, 3.05) is 33.2 Å². The van der Waals surface area contributed by atoms with E-state index in [0.717, 1.165) is 25.9 Å². The monoisotopic (exact) mass is 475 g/mol. The minimum atomic E-state index is -4.14. The molecule has 2 heterocycles. The summed E-state index contributed by atoms with van der Waals surface area (Å²) < 4.78 is 39.1. The summed E-state index contributed by atoms with van der Waals surface area (Å²) in [6.45, 7) is 1.60. The van der Waals surface area contributed by atoms with Crippen LogP contribution in [0.15, 0.2) is 17.6 Å². The quantitative estimate of drug-likeness (QED) is 0.271. The summed E-state index contributed by atoms with van der Waals surface area (Å²) in [4.78, 5) is 5.55. The molecule has 1 aromatic rings. The summed E-state index contributed by atoms with van der Waals surface area (Å²) in [6.07, 6.45) is 1.83. The Morgan fingerprint density at radius 1 is 1.28 bits per heavy atom. The van der Waals surface area contributed by atoms with Gasteiger partial charge in [0.25, 0.3) is 0 Å². The fourth-order valence-corrected chi connectivity index (χ4v) is 2.70. The lowest BCUT2D eigenvalue weighted by Crippen LogP contribution is -2.45. The van der Waals surface area contributed by atoms with Gasteiger partial charge in [-0.25, -0.2) is 0 Å². The van der Waals surface area contributed by atoms with Gasteiger partial charge in [-0.15, -0.1) is 34.2 Å². The predicted molar refractivity (Wildman–Crippen MR) is 100 cm³/mol. The lowest BCUT2D eigenvalue weighted by atomic mass is 10.2. The van der Waals surface area contributed by atoms with Crippen molar-refractivity contribution in [1.29, 1.82) is 0 Å². The van der Waals surface area contributed by atoms with Crippen LogP contribution >= 0.6 is 24.0 Å². The lowest BCUT2D eigenvalue weighted by Gasteiger charge is -2.19. The molecule has 1 aromatic heterocycles. The third-order valence-corrected chi connectivity index (χ3v) is 3.84. The number of unbranched alkanes of at least 4 members (excludes halogenated alkanes) is 1. The Morgan fingerprint density at radius 3 is 2.64 bits per heavy atom. The van der Waals surface area contributed by atoms with Gasteiger partial charge >= 0.3 is 6.18 Å². The van der Waals surface area contributed by atoms with Crippen molar-refractivity contribution < 1.29 is 13.2 Å². The number of rotatable bonds is 7. The SMILES string of the molecule is CN=C(NCCCCn1cnnc1)NC1CCN(CC(F)(F)F)C1.I. The highest BCUT2D eigenvalue weighted by Crippen LogP contribution is 2.19. The van der Waals surface area contributed by atoms with E-state index in [1.807, 2.05) is 4.57 Å². The van der Waals surface area contributed by atoms with E-state index in [0.29, 0.717) is 25.5 Å². The second-order valence-corrected chi connectivity index (χ2v) is 5.89. The van der Waals surface area contributed by atoms with Gasteiger partial charge in [-0.3, -0.25) is 9.89 Å². The molecule has 0 saturated carbocycles. The Bertz CT molecular complexity index is 507. The Kier molecular flexibility index (Phi) is 9.46. The lowest BCUT2D eigenvalue weighted by molar-refractivity contribution is -0.143. The number of likely N-dealkylation sites (tertiary alicyclic amines) is 1. The minimum Gasteiger partial charge on any atom is -0.356 e. The second kappa shape index (κ2) is 10.8. The molecule has 2 rings (SSSR count). The van der Waals surface area contributed by atoms with Crippen LogP contribution in [0.1, 0.15) is 19.3 Å². The number of guanidine groups is 1. The third-order valence-electron chi connectivity index (χ3n) is 3.84. The number of aromatic nitrogens is 3. The van der Waals surface area contributed by atoms with Crippen LogP contribution in [0.5, 0.6) is 0 Å². The van der Waals surface area contributed by atoms with Gasteiger partial charge in [-0.1, -0.05) is 0 Å². The van der Waals surface area contributed by atoms with Crippen molar-refractivity contribution in [3.8, 4) is 0 Å². The zero-order valence-corrected chi connectivity index (χ0v) is 16.5. The predicted octanol–water partition coefficient (Wildman–Crippen LogP) is 1.48. The van der Waals surface area contributed by atoms with E-state index in [-0.39, 0.29) is 30.0 Å². The molecule has 1 atom stereocenters. The molecule has 25 heavy (non-hydrogen) atoms. The Morgan fingerprint density at radius 2 is 2.00 bits per heavy atom. The fourth-order valence-electron chi connectivity index (χ4n) is 2.70. The standard InChI is InChI=1S/C14H24F3N7.HI/c1-18-13(19-5-2-3-6-24-10-20-21-11-24)22-12-4-7-23(8-12)9-14(15,16)17;/h10-12H,2-9H2,1H3,(H2,18,19,22);1H. The van der Waals surface area contributed by atoms with Crippen LogP contribution in [-0.2, 0) is 6.54 Å². The maximum absolute atomic E-state index is 12.4. The molecule has 0 amide bonds. The summed E-state index contributed by atoms with van der Waals surface area (Å²) in [5.41, 5.74) is 0. The largest absolute Gasteiger partial charge is 0.401 e. The minimum absolute atomic E-state index is 0. The van der Waals surface area contributed by atoms with Gasteiger partial charge in [0.2, 0.25) is 0 Å². The normalized spacial score (nSPS) is 18.9. The summed E-state index contributed by atoms with van der Waals surface area (Å²) in [5, 5.41) is 13.9. The molecule has 0 aliphatic carbocycles. The first kappa shape index (κ1) is 21.9. The molecule has 2 N–H and O–H groups in total. The van der Waals surface area contributed by atoms with Gasteiger partial charge < -0.3 is 15.2 Å². The first-order valence-electron chi connectivity index (χ1n) is 8.05. The molecule has 11 heteroatoms. The van der Waals surface area contributed by atoms with E-state index in [1.165, 1.54) is 4.90 Å². The molecular weight excluding hydrogens is 450 g/mol. The van der Waals surface area contributed by atoms with Crippen LogP contribution < -0.4 is 10.6 Å².